The summed E-state index contributed by atoms with van der Waals surface area (Å²) in [6.07, 6.45) is 0.968. The van der Waals surface area contributed by atoms with E-state index in [1.54, 1.807) is 0 Å². The van der Waals surface area contributed by atoms with E-state index in [1.165, 1.54) is 22.5 Å². The van der Waals surface area contributed by atoms with E-state index in [4.69, 9.17) is 31.8 Å². The maximum atomic E-state index is 13.0. The van der Waals surface area contributed by atoms with Gasteiger partial charge in [0, 0.05) is 30.1 Å². The molecule has 12 heteroatoms. The third kappa shape index (κ3) is 5.98. The van der Waals surface area contributed by atoms with Gasteiger partial charge in [0.25, 0.3) is 10.1 Å². The van der Waals surface area contributed by atoms with Gasteiger partial charge in [-0.3, -0.25) is 4.18 Å². The van der Waals surface area contributed by atoms with Crippen LogP contribution in [0.3, 0.4) is 0 Å². The molecule has 30 heavy (non-hydrogen) atoms. The Balaban J connectivity index is 2.23. The van der Waals surface area contributed by atoms with Crippen LogP contribution < -0.4 is 0 Å². The molecule has 172 valence electrons. The summed E-state index contributed by atoms with van der Waals surface area (Å²) in [5.41, 5.74) is -0.759. The third-order valence-electron chi connectivity index (χ3n) is 5.66. The fourth-order valence-corrected chi connectivity index (χ4v) is 6.68. The predicted octanol–water partition coefficient (Wildman–Crippen LogP) is 3.98. The van der Waals surface area contributed by atoms with Crippen molar-refractivity contribution in [1.82, 2.24) is 4.31 Å². The molecule has 0 N–H and O–H groups in total. The number of sulfonamides is 1. The smallest absolute Gasteiger partial charge is 0.264 e. The normalized spacial score (nSPS) is 18.3. The average molecular weight is 519 g/mol. The largest absolute Gasteiger partial charge is 0.416 e. The second kappa shape index (κ2) is 8.62. The summed E-state index contributed by atoms with van der Waals surface area (Å²) in [7, 11) is -9.67. The molecular weight excluding hydrogens is 489 g/mol. The van der Waals surface area contributed by atoms with Gasteiger partial charge in [-0.15, -0.1) is 0 Å². The number of rotatable bonds is 8. The minimum Gasteiger partial charge on any atom is -0.416 e. The summed E-state index contributed by atoms with van der Waals surface area (Å²) in [5.74, 6) is 0. The van der Waals surface area contributed by atoms with Crippen LogP contribution in [0.5, 0.6) is 0 Å². The van der Waals surface area contributed by atoms with Crippen molar-refractivity contribution in [3.63, 3.8) is 0 Å². The zero-order valence-electron chi connectivity index (χ0n) is 18.0. The molecule has 0 amide bonds. The number of halogens is 2. The Morgan fingerprint density at radius 2 is 1.67 bits per heavy atom. The first kappa shape index (κ1) is 26.1. The van der Waals surface area contributed by atoms with E-state index in [0.29, 0.717) is 5.02 Å². The fraction of sp³-hybridized carbons (Fsp3) is 0.667. The topological polar surface area (TPSA) is 90.0 Å². The van der Waals surface area contributed by atoms with Crippen molar-refractivity contribution in [3.05, 3.63) is 28.2 Å². The average Bonchev–Trinajstić information content (AvgIpc) is 2.50. The predicted molar refractivity (Wildman–Crippen MR) is 122 cm³/mol. The molecule has 0 radical (unpaired) electrons. The molecule has 0 aromatic heterocycles. The summed E-state index contributed by atoms with van der Waals surface area (Å²) in [6.45, 7) is 10.6. The molecule has 1 heterocycles. The lowest BCUT2D eigenvalue weighted by atomic mass is 9.84. The van der Waals surface area contributed by atoms with E-state index in [1.807, 2.05) is 0 Å². The highest BCUT2D eigenvalue weighted by atomic mass is 35.5. The molecule has 2 rings (SSSR count). The standard InChI is InChI=1S/C18H29Cl2NO6S2Si/c1-17(2,3)30(5,6)27-13-18(12-26-28(4,22)23)10-21(11-18)29(24,25)16-8-7-14(19)9-15(16)20/h7-9H,10-13H2,1-6H3. The highest BCUT2D eigenvalue weighted by Gasteiger charge is 2.51. The summed E-state index contributed by atoms with van der Waals surface area (Å²) >= 11 is 12.0. The molecule has 0 saturated carbocycles. The summed E-state index contributed by atoms with van der Waals surface area (Å²) in [4.78, 5) is -0.0449. The molecule has 1 aromatic rings. The van der Waals surface area contributed by atoms with Crippen LogP contribution in [-0.2, 0) is 28.8 Å². The monoisotopic (exact) mass is 517 g/mol. The number of nitrogens with zero attached hydrogens (tertiary/aromatic N) is 1. The Morgan fingerprint density at radius 1 is 1.10 bits per heavy atom. The van der Waals surface area contributed by atoms with Crippen molar-refractivity contribution < 1.29 is 25.4 Å². The van der Waals surface area contributed by atoms with Gasteiger partial charge >= 0.3 is 0 Å². The van der Waals surface area contributed by atoms with E-state index in [0.717, 1.165) is 6.26 Å². The van der Waals surface area contributed by atoms with Gasteiger partial charge in [0.15, 0.2) is 8.32 Å². The van der Waals surface area contributed by atoms with Crippen LogP contribution in [0.1, 0.15) is 20.8 Å². The Hall–Kier alpha value is -0.203. The van der Waals surface area contributed by atoms with Crippen molar-refractivity contribution in [1.29, 1.82) is 0 Å². The first-order valence-corrected chi connectivity index (χ1v) is 16.2. The molecule has 0 atom stereocenters. The molecular formula is C18H29Cl2NO6S2Si. The van der Waals surface area contributed by atoms with Gasteiger partial charge in [-0.2, -0.15) is 12.7 Å². The summed E-state index contributed by atoms with van der Waals surface area (Å²) in [5, 5.41) is 0.323. The van der Waals surface area contributed by atoms with Crippen LogP contribution >= 0.6 is 23.2 Å². The van der Waals surface area contributed by atoms with E-state index in [9.17, 15) is 16.8 Å². The zero-order valence-corrected chi connectivity index (χ0v) is 22.2. The van der Waals surface area contributed by atoms with Gasteiger partial charge in [0.05, 0.1) is 17.9 Å². The molecule has 1 saturated heterocycles. The van der Waals surface area contributed by atoms with Crippen LogP contribution in [0.15, 0.2) is 23.1 Å². The summed E-state index contributed by atoms with van der Waals surface area (Å²) in [6, 6.07) is 4.19. The van der Waals surface area contributed by atoms with Gasteiger partial charge in [0.2, 0.25) is 10.0 Å². The fourth-order valence-electron chi connectivity index (χ4n) is 2.70. The Bertz CT molecular complexity index is 1000. The van der Waals surface area contributed by atoms with Gasteiger partial charge in [0.1, 0.15) is 4.90 Å². The number of benzene rings is 1. The molecule has 0 spiro atoms. The number of hydrogen-bond acceptors (Lipinski definition) is 6. The van der Waals surface area contributed by atoms with E-state index < -0.39 is 33.9 Å². The first-order valence-electron chi connectivity index (χ1n) is 9.32. The molecule has 0 bridgehead atoms. The molecule has 1 aliphatic rings. The van der Waals surface area contributed by atoms with E-state index >= 15 is 0 Å². The van der Waals surface area contributed by atoms with Crippen LogP contribution in [0.4, 0.5) is 0 Å². The molecule has 0 unspecified atom stereocenters. The second-order valence-electron chi connectivity index (χ2n) is 9.36. The van der Waals surface area contributed by atoms with Crippen molar-refractivity contribution in [2.24, 2.45) is 5.41 Å². The maximum absolute atomic E-state index is 13.0. The van der Waals surface area contributed by atoms with Crippen molar-refractivity contribution in [3.8, 4) is 0 Å². The summed E-state index contributed by atoms with van der Waals surface area (Å²) < 4.78 is 61.6. The third-order valence-corrected chi connectivity index (χ3v) is 13.2. The quantitative estimate of drug-likeness (QED) is 0.382. The van der Waals surface area contributed by atoms with Gasteiger partial charge in [-0.05, 0) is 36.3 Å². The Kier molecular flexibility index (Phi) is 7.49. The van der Waals surface area contributed by atoms with E-state index in [-0.39, 0.29) is 41.3 Å². The van der Waals surface area contributed by atoms with Crippen LogP contribution in [0.25, 0.3) is 0 Å². The lowest BCUT2D eigenvalue weighted by molar-refractivity contribution is -0.0210. The second-order valence-corrected chi connectivity index (χ2v) is 18.6. The number of hydrogen-bond donors (Lipinski definition) is 0. The Labute approximate surface area is 190 Å². The molecule has 1 aliphatic heterocycles. The zero-order chi connectivity index (χ0) is 23.2. The van der Waals surface area contributed by atoms with E-state index in [2.05, 4.69) is 33.9 Å². The lowest BCUT2D eigenvalue weighted by Gasteiger charge is -2.50. The van der Waals surface area contributed by atoms with Crippen molar-refractivity contribution in [2.45, 2.75) is 43.8 Å². The van der Waals surface area contributed by atoms with Crippen LogP contribution in [0.2, 0.25) is 28.2 Å². The van der Waals surface area contributed by atoms with Crippen LogP contribution in [0, 0.1) is 5.41 Å². The molecule has 1 aromatic carbocycles. The highest BCUT2D eigenvalue weighted by molar-refractivity contribution is 7.89. The minimum absolute atomic E-state index is 0.0323. The van der Waals surface area contributed by atoms with Crippen molar-refractivity contribution >= 4 is 51.7 Å². The lowest BCUT2D eigenvalue weighted by Crippen LogP contribution is -2.63. The molecule has 0 aliphatic carbocycles. The van der Waals surface area contributed by atoms with Crippen molar-refractivity contribution in [2.75, 3.05) is 32.6 Å². The van der Waals surface area contributed by atoms with Gasteiger partial charge < -0.3 is 4.43 Å². The molecule has 7 nitrogen and oxygen atoms in total. The molecule has 1 fully saturated rings. The maximum Gasteiger partial charge on any atom is 0.264 e. The minimum atomic E-state index is -3.86. The highest BCUT2D eigenvalue weighted by Crippen LogP contribution is 2.42. The van der Waals surface area contributed by atoms with Crippen LogP contribution in [-0.4, -0.2) is 62.0 Å². The Morgan fingerprint density at radius 3 is 2.13 bits per heavy atom. The van der Waals surface area contributed by atoms with Gasteiger partial charge in [-0.25, -0.2) is 8.42 Å². The SMILES string of the molecule is CC(C)(C)[Si](C)(C)OCC1(COS(C)(=O)=O)CN(S(=O)(=O)c2ccc(Cl)cc2Cl)C1. The first-order chi connectivity index (χ1) is 13.4. The van der Waals surface area contributed by atoms with Gasteiger partial charge in [-0.1, -0.05) is 44.0 Å².